The number of allylic oxidation sites excluding steroid dienone is 3. The summed E-state index contributed by atoms with van der Waals surface area (Å²) >= 11 is 0. The molecule has 0 radical (unpaired) electrons. The lowest BCUT2D eigenvalue weighted by molar-refractivity contribution is -0.131. The Kier molecular flexibility index (Phi) is 8.01. The summed E-state index contributed by atoms with van der Waals surface area (Å²) in [6.45, 7) is 7.15. The van der Waals surface area contributed by atoms with Gasteiger partial charge in [-0.25, -0.2) is 9.37 Å². The molecule has 1 atom stereocenters. The van der Waals surface area contributed by atoms with Crippen molar-refractivity contribution >= 4 is 17.3 Å². The van der Waals surface area contributed by atoms with Gasteiger partial charge < -0.3 is 19.4 Å². The van der Waals surface area contributed by atoms with Gasteiger partial charge in [-0.1, -0.05) is 38.3 Å². The van der Waals surface area contributed by atoms with Gasteiger partial charge in [-0.2, -0.15) is 0 Å². The summed E-state index contributed by atoms with van der Waals surface area (Å²) in [5.41, 5.74) is 4.08. The Hall–Kier alpha value is -3.35. The van der Waals surface area contributed by atoms with Crippen molar-refractivity contribution in [1.29, 1.82) is 0 Å². The topological polar surface area (TPSA) is 48.9 Å². The maximum atomic E-state index is 14.0. The molecule has 1 saturated heterocycles. The number of aryl methyl sites for hydroxylation is 1. The lowest BCUT2D eigenvalue weighted by Gasteiger charge is -2.39. The summed E-state index contributed by atoms with van der Waals surface area (Å²) in [7, 11) is 1.66. The minimum absolute atomic E-state index is 0.144. The van der Waals surface area contributed by atoms with E-state index in [9.17, 15) is 9.18 Å². The fourth-order valence-corrected chi connectivity index (χ4v) is 6.00. The van der Waals surface area contributed by atoms with Crippen molar-refractivity contribution in [3.05, 3.63) is 71.4 Å². The monoisotopic (exact) mass is 518 g/mol. The van der Waals surface area contributed by atoms with Crippen LogP contribution in [0.15, 0.2) is 54.5 Å². The number of nitrogens with zero attached hydrogens (tertiary/aromatic N) is 4. The van der Waals surface area contributed by atoms with Crippen LogP contribution in [0.3, 0.4) is 0 Å². The number of hydrogen-bond donors (Lipinski definition) is 0. The average Bonchev–Trinajstić information content (AvgIpc) is 2.96. The number of halogens is 1. The second kappa shape index (κ2) is 11.6. The Bertz CT molecular complexity index is 1210. The largest absolute Gasteiger partial charge is 0.497 e. The van der Waals surface area contributed by atoms with Gasteiger partial charge in [-0.05, 0) is 60.6 Å². The first kappa shape index (κ1) is 26.3. The number of methoxy groups -OCH3 is 1. The second-order valence-corrected chi connectivity index (χ2v) is 10.8. The number of anilines is 1. The Balaban J connectivity index is 1.32. The van der Waals surface area contributed by atoms with E-state index in [1.165, 1.54) is 37.8 Å². The third-order valence-electron chi connectivity index (χ3n) is 8.27. The van der Waals surface area contributed by atoms with Crippen LogP contribution in [0.25, 0.3) is 5.57 Å². The zero-order valence-corrected chi connectivity index (χ0v) is 22.8. The highest BCUT2D eigenvalue weighted by Crippen LogP contribution is 2.39. The smallest absolute Gasteiger partial charge is 0.242 e. The zero-order chi connectivity index (χ0) is 26.6. The molecule has 1 unspecified atom stereocenters. The molecule has 2 aliphatic heterocycles. The molecule has 7 heteroatoms. The number of benzene rings is 1. The van der Waals surface area contributed by atoms with E-state index in [0.29, 0.717) is 31.1 Å². The quantitative estimate of drug-likeness (QED) is 0.495. The molecule has 202 valence electrons. The minimum Gasteiger partial charge on any atom is -0.497 e. The molecule has 0 bridgehead atoms. The number of amides is 1. The maximum absolute atomic E-state index is 14.0. The van der Waals surface area contributed by atoms with Crippen LogP contribution in [-0.4, -0.2) is 60.5 Å². The van der Waals surface area contributed by atoms with Gasteiger partial charge in [0.2, 0.25) is 5.91 Å². The number of piperazine rings is 1. The second-order valence-electron chi connectivity index (χ2n) is 10.8. The van der Waals surface area contributed by atoms with Crippen LogP contribution in [-0.2, 0) is 4.79 Å². The van der Waals surface area contributed by atoms with Crippen LogP contribution >= 0.6 is 0 Å². The number of carbonyl (C=O) groups is 1. The minimum atomic E-state index is -0.188. The molecule has 5 rings (SSSR count). The standard InChI is InChI=1S/C31H39FN4O2/c1-22-18-29(24-7-5-4-6-8-24)36(20-27(22)25-9-10-28(32)23(2)17-25)21-31(37)35-15-13-34(14-16-35)30-19-26(38-3)11-12-33-30/h9-12,17-20,22,24H,4-8,13-16,21H2,1-3H3. The maximum Gasteiger partial charge on any atom is 0.242 e. The summed E-state index contributed by atoms with van der Waals surface area (Å²) in [6, 6.07) is 9.11. The fourth-order valence-electron chi connectivity index (χ4n) is 6.00. The Morgan fingerprint density at radius 2 is 1.84 bits per heavy atom. The number of rotatable bonds is 6. The normalized spacial score (nSPS) is 20.7. The highest BCUT2D eigenvalue weighted by atomic mass is 19.1. The Labute approximate surface area is 225 Å². The van der Waals surface area contributed by atoms with Crippen molar-refractivity contribution in [3.8, 4) is 5.75 Å². The van der Waals surface area contributed by atoms with Crippen molar-refractivity contribution in [2.75, 3.05) is 44.7 Å². The molecular formula is C31H39FN4O2. The number of carbonyl (C=O) groups excluding carboxylic acids is 1. The molecule has 3 heterocycles. The van der Waals surface area contributed by atoms with Gasteiger partial charge in [0.05, 0.1) is 7.11 Å². The molecule has 2 aromatic rings. The van der Waals surface area contributed by atoms with Gasteiger partial charge in [-0.15, -0.1) is 0 Å². The van der Waals surface area contributed by atoms with E-state index in [1.54, 1.807) is 26.3 Å². The van der Waals surface area contributed by atoms with Gasteiger partial charge in [-0.3, -0.25) is 4.79 Å². The predicted molar refractivity (Wildman–Crippen MR) is 149 cm³/mol. The molecule has 0 spiro atoms. The average molecular weight is 519 g/mol. The third kappa shape index (κ3) is 5.71. The third-order valence-corrected chi connectivity index (χ3v) is 8.27. The summed E-state index contributed by atoms with van der Waals surface area (Å²) in [5, 5.41) is 0. The van der Waals surface area contributed by atoms with Gasteiger partial charge in [0.25, 0.3) is 0 Å². The SMILES string of the molecule is COc1ccnc(N2CCN(C(=O)CN3C=C(c4ccc(F)c(C)c4)C(C)C=C3C3CCCCC3)CC2)c1. The molecule has 0 N–H and O–H groups in total. The van der Waals surface area contributed by atoms with Gasteiger partial charge in [0.1, 0.15) is 23.9 Å². The van der Waals surface area contributed by atoms with E-state index < -0.39 is 0 Å². The predicted octanol–water partition coefficient (Wildman–Crippen LogP) is 5.64. The van der Waals surface area contributed by atoms with Crippen molar-refractivity contribution in [2.45, 2.75) is 46.0 Å². The number of pyridine rings is 1. The van der Waals surface area contributed by atoms with Gasteiger partial charge in [0.15, 0.2) is 0 Å². The first-order valence-electron chi connectivity index (χ1n) is 13.9. The molecule has 2 fully saturated rings. The first-order chi connectivity index (χ1) is 18.4. The Morgan fingerprint density at radius 1 is 1.08 bits per heavy atom. The number of hydrogen-bond acceptors (Lipinski definition) is 5. The van der Waals surface area contributed by atoms with Crippen LogP contribution in [0.1, 0.15) is 50.2 Å². The van der Waals surface area contributed by atoms with Crippen LogP contribution in [0.2, 0.25) is 0 Å². The van der Waals surface area contributed by atoms with E-state index in [4.69, 9.17) is 4.74 Å². The van der Waals surface area contributed by atoms with Gasteiger partial charge >= 0.3 is 0 Å². The summed E-state index contributed by atoms with van der Waals surface area (Å²) in [5.74, 6) is 2.32. The highest BCUT2D eigenvalue weighted by molar-refractivity contribution is 5.80. The summed E-state index contributed by atoms with van der Waals surface area (Å²) in [6.07, 6.45) is 12.4. The molecule has 1 aromatic heterocycles. The number of ether oxygens (including phenoxy) is 1. The molecule has 1 aliphatic carbocycles. The number of aromatic nitrogens is 1. The molecule has 6 nitrogen and oxygen atoms in total. The highest BCUT2D eigenvalue weighted by Gasteiger charge is 2.30. The fraction of sp³-hybridized carbons (Fsp3) is 0.484. The van der Waals surface area contributed by atoms with Crippen molar-refractivity contribution in [1.82, 2.24) is 14.8 Å². The van der Waals surface area contributed by atoms with Crippen LogP contribution in [0.4, 0.5) is 10.2 Å². The summed E-state index contributed by atoms with van der Waals surface area (Å²) < 4.78 is 19.3. The van der Waals surface area contributed by atoms with E-state index >= 15 is 0 Å². The molecule has 1 aromatic carbocycles. The molecule has 1 saturated carbocycles. The Morgan fingerprint density at radius 3 is 2.55 bits per heavy atom. The summed E-state index contributed by atoms with van der Waals surface area (Å²) in [4.78, 5) is 24.5. The van der Waals surface area contributed by atoms with Crippen molar-refractivity contribution in [3.63, 3.8) is 0 Å². The van der Waals surface area contributed by atoms with Crippen molar-refractivity contribution in [2.24, 2.45) is 11.8 Å². The van der Waals surface area contributed by atoms with E-state index in [-0.39, 0.29) is 17.6 Å². The molecule has 3 aliphatic rings. The molecular weight excluding hydrogens is 479 g/mol. The molecule has 38 heavy (non-hydrogen) atoms. The lowest BCUT2D eigenvalue weighted by atomic mass is 9.82. The van der Waals surface area contributed by atoms with E-state index in [2.05, 4.69) is 34.0 Å². The van der Waals surface area contributed by atoms with E-state index in [0.717, 1.165) is 35.8 Å². The first-order valence-corrected chi connectivity index (χ1v) is 13.9. The van der Waals surface area contributed by atoms with Gasteiger partial charge in [0, 0.05) is 56.3 Å². The van der Waals surface area contributed by atoms with Crippen LogP contribution in [0.5, 0.6) is 5.75 Å². The zero-order valence-electron chi connectivity index (χ0n) is 22.8. The molecule has 1 amide bonds. The lowest BCUT2D eigenvalue weighted by Crippen LogP contribution is -2.51. The van der Waals surface area contributed by atoms with E-state index in [1.807, 2.05) is 29.2 Å². The van der Waals surface area contributed by atoms with Crippen molar-refractivity contribution < 1.29 is 13.9 Å². The van der Waals surface area contributed by atoms with Crippen LogP contribution < -0.4 is 9.64 Å². The van der Waals surface area contributed by atoms with Crippen LogP contribution in [0, 0.1) is 24.6 Å².